The van der Waals surface area contributed by atoms with Crippen molar-refractivity contribution in [1.29, 1.82) is 0 Å². The molecule has 0 amide bonds. The van der Waals surface area contributed by atoms with E-state index in [1.807, 2.05) is 17.6 Å². The molecule has 6 rings (SSSR count). The Morgan fingerprint density at radius 1 is 1.16 bits per heavy atom. The number of carbonyl (C=O) groups is 1. The second-order valence-corrected chi connectivity index (χ2v) is 11.5. The van der Waals surface area contributed by atoms with Gasteiger partial charge in [0.15, 0.2) is 5.65 Å². The highest BCUT2D eigenvalue weighted by molar-refractivity contribution is 9.10. The largest absolute Gasteiger partial charge is 0.466 e. The van der Waals surface area contributed by atoms with E-state index < -0.39 is 0 Å². The lowest BCUT2D eigenvalue weighted by atomic mass is 9.79. The van der Waals surface area contributed by atoms with Crippen molar-refractivity contribution in [2.75, 3.05) is 25.6 Å². The molecular weight excluding hydrogens is 528 g/mol. The lowest BCUT2D eigenvalue weighted by Gasteiger charge is -2.29. The number of esters is 1. The molecule has 0 aliphatic heterocycles. The number of aromatic nitrogens is 3. The van der Waals surface area contributed by atoms with Crippen molar-refractivity contribution in [3.8, 4) is 0 Å². The van der Waals surface area contributed by atoms with Crippen LogP contribution in [0.15, 0.2) is 46.1 Å². The Morgan fingerprint density at radius 2 is 1.95 bits per heavy atom. The molecule has 1 fully saturated rings. The summed E-state index contributed by atoms with van der Waals surface area (Å²) in [5.41, 5.74) is 10.0. The molecule has 0 atom stereocenters. The molecule has 192 valence electrons. The summed E-state index contributed by atoms with van der Waals surface area (Å²) in [7, 11) is 4.12. The van der Waals surface area contributed by atoms with Gasteiger partial charge >= 0.3 is 5.97 Å². The number of anilines is 1. The minimum atomic E-state index is -0.0718. The number of carbonyl (C=O) groups excluding carboxylic acids is 1. The molecule has 0 bridgehead atoms. The number of halogens is 1. The van der Waals surface area contributed by atoms with Gasteiger partial charge in [-0.3, -0.25) is 4.79 Å². The van der Waals surface area contributed by atoms with E-state index in [-0.39, 0.29) is 5.97 Å². The summed E-state index contributed by atoms with van der Waals surface area (Å²) in [5.74, 6) is 1.68. The summed E-state index contributed by atoms with van der Waals surface area (Å²) in [6.07, 6.45) is 11.0. The molecule has 3 aliphatic rings. The van der Waals surface area contributed by atoms with Gasteiger partial charge in [0, 0.05) is 32.0 Å². The minimum absolute atomic E-state index is 0.0718. The maximum Gasteiger partial charge on any atom is 0.306 e. The van der Waals surface area contributed by atoms with Gasteiger partial charge in [-0.25, -0.2) is 4.98 Å². The van der Waals surface area contributed by atoms with E-state index in [1.54, 1.807) is 0 Å². The number of ether oxygens (including phenoxy) is 1. The second kappa shape index (κ2) is 9.75. The predicted molar refractivity (Wildman–Crippen MR) is 151 cm³/mol. The SMILES string of the molecule is CCOC(=O)CC1CCC(c2nc3c(C4=Cc5ccccc5CC5=C4C5)cnn3c(N(C)C)c2Br)CC1. The van der Waals surface area contributed by atoms with E-state index >= 15 is 0 Å². The molecule has 2 heterocycles. The molecule has 37 heavy (non-hydrogen) atoms. The van der Waals surface area contributed by atoms with Crippen LogP contribution in [0.3, 0.4) is 0 Å². The highest BCUT2D eigenvalue weighted by Crippen LogP contribution is 2.49. The Morgan fingerprint density at radius 3 is 2.70 bits per heavy atom. The fourth-order valence-corrected chi connectivity index (χ4v) is 7.03. The fraction of sp³-hybridized carbons (Fsp3) is 0.433. The van der Waals surface area contributed by atoms with Crippen LogP contribution in [-0.4, -0.2) is 41.3 Å². The molecule has 0 spiro atoms. The summed E-state index contributed by atoms with van der Waals surface area (Å²) in [6.45, 7) is 2.32. The van der Waals surface area contributed by atoms with Crippen LogP contribution in [0.2, 0.25) is 0 Å². The molecule has 0 unspecified atom stereocenters. The van der Waals surface area contributed by atoms with Gasteiger partial charge in [-0.15, -0.1) is 0 Å². The highest BCUT2D eigenvalue weighted by atomic mass is 79.9. The van der Waals surface area contributed by atoms with Crippen LogP contribution >= 0.6 is 15.9 Å². The van der Waals surface area contributed by atoms with Crippen LogP contribution in [-0.2, 0) is 16.0 Å². The summed E-state index contributed by atoms with van der Waals surface area (Å²) >= 11 is 3.91. The van der Waals surface area contributed by atoms with Crippen molar-refractivity contribution in [1.82, 2.24) is 14.6 Å². The van der Waals surface area contributed by atoms with Crippen LogP contribution in [0, 0.1) is 5.92 Å². The second-order valence-electron chi connectivity index (χ2n) is 10.7. The first-order valence-electron chi connectivity index (χ1n) is 13.4. The van der Waals surface area contributed by atoms with Crippen LogP contribution in [0.4, 0.5) is 5.82 Å². The first-order chi connectivity index (χ1) is 17.9. The highest BCUT2D eigenvalue weighted by Gasteiger charge is 2.33. The van der Waals surface area contributed by atoms with Gasteiger partial charge in [0.2, 0.25) is 0 Å². The smallest absolute Gasteiger partial charge is 0.306 e. The molecule has 0 saturated heterocycles. The number of hydrogen-bond donors (Lipinski definition) is 0. The average Bonchev–Trinajstić information content (AvgIpc) is 3.54. The van der Waals surface area contributed by atoms with Crippen molar-refractivity contribution >= 4 is 45.0 Å². The van der Waals surface area contributed by atoms with E-state index in [1.165, 1.54) is 27.8 Å². The van der Waals surface area contributed by atoms with Crippen molar-refractivity contribution in [3.63, 3.8) is 0 Å². The summed E-state index contributed by atoms with van der Waals surface area (Å²) in [4.78, 5) is 19.4. The molecule has 0 radical (unpaired) electrons. The van der Waals surface area contributed by atoms with Crippen LogP contribution in [0.1, 0.15) is 73.8 Å². The standard InChI is InChI=1S/C30H33BrN4O2/c1-4-37-26(36)13-18-9-11-19(12-10-18)28-27(31)30(34(2)3)35-29(33-28)25(17-32-35)24-15-21-8-6-5-7-20(21)14-22-16-23(22)24/h5-8,15,17-19H,4,9-14,16H2,1-3H3. The maximum absolute atomic E-state index is 12.0. The van der Waals surface area contributed by atoms with Crippen LogP contribution < -0.4 is 4.90 Å². The number of nitrogens with zero attached hydrogens (tertiary/aromatic N) is 4. The van der Waals surface area contributed by atoms with Crippen LogP contribution in [0.25, 0.3) is 17.3 Å². The van der Waals surface area contributed by atoms with Gasteiger partial charge in [0.1, 0.15) is 5.82 Å². The topological polar surface area (TPSA) is 59.7 Å². The van der Waals surface area contributed by atoms with Gasteiger partial charge in [0.25, 0.3) is 0 Å². The number of fused-ring (bicyclic) bond motifs is 2. The minimum Gasteiger partial charge on any atom is -0.466 e. The first kappa shape index (κ1) is 24.4. The maximum atomic E-state index is 12.0. The number of hydrogen-bond acceptors (Lipinski definition) is 5. The lowest BCUT2D eigenvalue weighted by Crippen LogP contribution is -2.21. The Hall–Kier alpha value is -2.93. The Kier molecular flexibility index (Phi) is 6.43. The fourth-order valence-electron chi connectivity index (χ4n) is 6.09. The van der Waals surface area contributed by atoms with Gasteiger partial charge in [0.05, 0.1) is 23.0 Å². The summed E-state index contributed by atoms with van der Waals surface area (Å²) < 4.78 is 8.18. The lowest BCUT2D eigenvalue weighted by molar-refractivity contribution is -0.144. The van der Waals surface area contributed by atoms with Crippen molar-refractivity contribution < 1.29 is 9.53 Å². The third-order valence-corrected chi connectivity index (χ3v) is 8.84. The zero-order chi connectivity index (χ0) is 25.7. The van der Waals surface area contributed by atoms with Crippen LogP contribution in [0.5, 0.6) is 0 Å². The quantitative estimate of drug-likeness (QED) is 0.318. The zero-order valence-electron chi connectivity index (χ0n) is 21.8. The van der Waals surface area contributed by atoms with Gasteiger partial charge in [-0.2, -0.15) is 9.61 Å². The van der Waals surface area contributed by atoms with E-state index in [4.69, 9.17) is 14.8 Å². The molecule has 2 aromatic heterocycles. The summed E-state index contributed by atoms with van der Waals surface area (Å²) in [6, 6.07) is 8.70. The molecule has 7 heteroatoms. The van der Waals surface area contributed by atoms with E-state index in [9.17, 15) is 4.79 Å². The summed E-state index contributed by atoms with van der Waals surface area (Å²) in [5, 5.41) is 4.83. The molecule has 6 nitrogen and oxygen atoms in total. The molecule has 3 aliphatic carbocycles. The number of rotatable bonds is 6. The molecular formula is C30H33BrN4O2. The number of allylic oxidation sites excluding steroid dienone is 3. The van der Waals surface area contributed by atoms with E-state index in [2.05, 4.69) is 65.3 Å². The monoisotopic (exact) mass is 560 g/mol. The normalized spacial score (nSPS) is 20.7. The van der Waals surface area contributed by atoms with Crippen molar-refractivity contribution in [3.05, 3.63) is 68.5 Å². The van der Waals surface area contributed by atoms with Crippen molar-refractivity contribution in [2.24, 2.45) is 5.92 Å². The third-order valence-electron chi connectivity index (χ3n) is 8.08. The Bertz CT molecular complexity index is 1440. The van der Waals surface area contributed by atoms with E-state index in [0.717, 1.165) is 65.7 Å². The van der Waals surface area contributed by atoms with Crippen molar-refractivity contribution in [2.45, 2.75) is 57.8 Å². The molecule has 1 saturated carbocycles. The third kappa shape index (κ3) is 4.52. The Labute approximate surface area is 226 Å². The molecule has 1 aromatic carbocycles. The van der Waals surface area contributed by atoms with Gasteiger partial charge in [-0.1, -0.05) is 29.8 Å². The zero-order valence-corrected chi connectivity index (χ0v) is 23.3. The first-order valence-corrected chi connectivity index (χ1v) is 14.1. The average molecular weight is 562 g/mol. The van der Waals surface area contributed by atoms with E-state index in [0.29, 0.717) is 24.9 Å². The van der Waals surface area contributed by atoms with Gasteiger partial charge in [-0.05, 0) is 95.6 Å². The van der Waals surface area contributed by atoms with Gasteiger partial charge < -0.3 is 9.64 Å². The number of benzene rings is 1. The Balaban J connectivity index is 1.38. The molecule has 0 N–H and O–H groups in total. The molecule has 3 aromatic rings. The predicted octanol–water partition coefficient (Wildman–Crippen LogP) is 6.58.